The van der Waals surface area contributed by atoms with Gasteiger partial charge < -0.3 is 26.4 Å². The number of carbonyl (C=O) groups is 2. The molecule has 0 aliphatic carbocycles. The molecule has 0 saturated carbocycles. The largest absolute Gasteiger partial charge is 1.00 e. The third kappa shape index (κ3) is 11.6. The Morgan fingerprint density at radius 1 is 1.08 bits per heavy atom. The van der Waals surface area contributed by atoms with Gasteiger partial charge in [0.2, 0.25) is 0 Å². The fourth-order valence-electron chi connectivity index (χ4n) is 2.30. The third-order valence-electron chi connectivity index (χ3n) is 3.42. The second-order valence-electron chi connectivity index (χ2n) is 7.04. The summed E-state index contributed by atoms with van der Waals surface area (Å²) in [5.41, 5.74) is 0.939. The molecular weight excluding hydrogens is 342 g/mol. The summed E-state index contributed by atoms with van der Waals surface area (Å²) in [5, 5.41) is 0. The van der Waals surface area contributed by atoms with Crippen LogP contribution in [0, 0.1) is 0 Å². The van der Waals surface area contributed by atoms with Gasteiger partial charge in [-0.2, -0.15) is 0 Å². The minimum Gasteiger partial charge on any atom is -1.00 e. The number of nitrogens with zero attached hydrogens (tertiary/aromatic N) is 1. The van der Waals surface area contributed by atoms with E-state index in [1.807, 2.05) is 58.4 Å². The Bertz CT molecular complexity index is 514. The quantitative estimate of drug-likeness (QED) is 0.427. The number of ether oxygens (including phenoxy) is 2. The molecule has 0 aliphatic heterocycles. The molecule has 0 saturated heterocycles. The molecule has 25 heavy (non-hydrogen) atoms. The van der Waals surface area contributed by atoms with Crippen LogP contribution in [0.2, 0.25) is 0 Å². The average Bonchev–Trinajstić information content (AvgIpc) is 2.50. The number of quaternary nitrogens is 1. The summed E-state index contributed by atoms with van der Waals surface area (Å²) in [7, 11) is 6.01. The van der Waals surface area contributed by atoms with E-state index in [2.05, 4.69) is 0 Å². The van der Waals surface area contributed by atoms with Gasteiger partial charge in [0.05, 0.1) is 27.6 Å². The molecule has 0 radical (unpaired) electrons. The number of hydrogen-bond acceptors (Lipinski definition) is 4. The molecule has 0 heterocycles. The van der Waals surface area contributed by atoms with E-state index in [4.69, 9.17) is 9.47 Å². The van der Waals surface area contributed by atoms with Gasteiger partial charge in [0, 0.05) is 6.42 Å². The molecule has 0 amide bonds. The molecular formula is C19H30ClNO4. The number of halogens is 1. The van der Waals surface area contributed by atoms with E-state index in [9.17, 15) is 9.59 Å². The highest BCUT2D eigenvalue weighted by atomic mass is 35.5. The first-order chi connectivity index (χ1) is 11.3. The van der Waals surface area contributed by atoms with Crippen LogP contribution in [0.15, 0.2) is 30.3 Å². The predicted molar refractivity (Wildman–Crippen MR) is 93.2 cm³/mol. The minimum atomic E-state index is -0.461. The van der Waals surface area contributed by atoms with Crippen molar-refractivity contribution in [2.45, 2.75) is 45.3 Å². The maximum Gasteiger partial charge on any atom is 0.310 e. The number of carbonyl (C=O) groups excluding carboxylic acids is 2. The molecule has 6 heteroatoms. The lowest BCUT2D eigenvalue weighted by Gasteiger charge is -2.28. The van der Waals surface area contributed by atoms with Gasteiger partial charge in [0.1, 0.15) is 13.2 Å². The van der Waals surface area contributed by atoms with Crippen molar-refractivity contribution in [3.63, 3.8) is 0 Å². The topological polar surface area (TPSA) is 52.6 Å². The van der Waals surface area contributed by atoms with Crippen LogP contribution < -0.4 is 12.4 Å². The van der Waals surface area contributed by atoms with Gasteiger partial charge in [-0.25, -0.2) is 0 Å². The SMILES string of the molecule is CCCCC(=O)O[C@H](CC(=O)OCc1ccccc1)C[N+](C)(C)C.[Cl-]. The smallest absolute Gasteiger partial charge is 0.310 e. The minimum absolute atomic E-state index is 0. The Morgan fingerprint density at radius 2 is 1.72 bits per heavy atom. The summed E-state index contributed by atoms with van der Waals surface area (Å²) in [6.45, 7) is 2.83. The normalized spacial score (nSPS) is 12.0. The third-order valence-corrected chi connectivity index (χ3v) is 3.42. The van der Waals surface area contributed by atoms with Gasteiger partial charge in [-0.05, 0) is 12.0 Å². The van der Waals surface area contributed by atoms with Crippen molar-refractivity contribution in [1.29, 1.82) is 0 Å². The van der Waals surface area contributed by atoms with Gasteiger partial charge in [-0.3, -0.25) is 9.59 Å². The molecule has 1 rings (SSSR count). The average molecular weight is 372 g/mol. The summed E-state index contributed by atoms with van der Waals surface area (Å²) in [6.07, 6.45) is 1.75. The van der Waals surface area contributed by atoms with Gasteiger partial charge in [-0.1, -0.05) is 43.7 Å². The van der Waals surface area contributed by atoms with E-state index in [-0.39, 0.29) is 37.4 Å². The number of rotatable bonds is 10. The number of hydrogen-bond donors (Lipinski definition) is 0. The van der Waals surface area contributed by atoms with Crippen LogP contribution in [0.4, 0.5) is 0 Å². The summed E-state index contributed by atoms with van der Waals surface area (Å²) < 4.78 is 11.4. The van der Waals surface area contributed by atoms with E-state index >= 15 is 0 Å². The molecule has 142 valence electrons. The zero-order valence-corrected chi connectivity index (χ0v) is 16.4. The second-order valence-corrected chi connectivity index (χ2v) is 7.04. The van der Waals surface area contributed by atoms with Crippen molar-refractivity contribution < 1.29 is 36.0 Å². The molecule has 1 atom stereocenters. The molecule has 0 fully saturated rings. The summed E-state index contributed by atoms with van der Waals surface area (Å²) >= 11 is 0. The Kier molecular flexibility index (Phi) is 11.1. The van der Waals surface area contributed by atoms with Crippen molar-refractivity contribution >= 4 is 11.9 Å². The number of benzene rings is 1. The van der Waals surface area contributed by atoms with E-state index in [0.29, 0.717) is 17.4 Å². The molecule has 0 unspecified atom stereocenters. The molecule has 1 aromatic rings. The standard InChI is InChI=1S/C19H30NO4.ClH/c1-5-6-12-18(21)24-17(14-20(2,3)4)13-19(22)23-15-16-10-8-7-9-11-16;/h7-11,17H,5-6,12-15H2,1-4H3;1H/q+1;/p-1/t17-;/m1./s1. The maximum atomic E-state index is 12.1. The zero-order chi connectivity index (χ0) is 18.0. The molecule has 5 nitrogen and oxygen atoms in total. The van der Waals surface area contributed by atoms with Gasteiger partial charge >= 0.3 is 11.9 Å². The lowest BCUT2D eigenvalue weighted by atomic mass is 10.2. The van der Waals surface area contributed by atoms with Crippen LogP contribution in [0.3, 0.4) is 0 Å². The fourth-order valence-corrected chi connectivity index (χ4v) is 2.30. The maximum absolute atomic E-state index is 12.1. The summed E-state index contributed by atoms with van der Waals surface area (Å²) in [5.74, 6) is -0.591. The predicted octanol–water partition coefficient (Wildman–Crippen LogP) is -0.0679. The van der Waals surface area contributed by atoms with E-state index in [0.717, 1.165) is 18.4 Å². The van der Waals surface area contributed by atoms with Crippen molar-refractivity contribution in [2.24, 2.45) is 0 Å². The van der Waals surface area contributed by atoms with Gasteiger partial charge in [-0.15, -0.1) is 0 Å². The molecule has 0 bridgehead atoms. The number of unbranched alkanes of at least 4 members (excludes halogenated alkanes) is 1. The van der Waals surface area contributed by atoms with Gasteiger partial charge in [0.25, 0.3) is 0 Å². The van der Waals surface area contributed by atoms with Crippen molar-refractivity contribution in [3.05, 3.63) is 35.9 Å². The molecule has 0 aliphatic rings. The van der Waals surface area contributed by atoms with E-state index in [1.165, 1.54) is 0 Å². The summed E-state index contributed by atoms with van der Waals surface area (Å²) in [6, 6.07) is 9.53. The van der Waals surface area contributed by atoms with Crippen LogP contribution in [0.1, 0.15) is 38.2 Å². The van der Waals surface area contributed by atoms with Crippen LogP contribution in [-0.2, 0) is 25.7 Å². The Balaban J connectivity index is 0.00000576. The first kappa shape index (κ1) is 23.4. The Morgan fingerprint density at radius 3 is 2.28 bits per heavy atom. The highest BCUT2D eigenvalue weighted by Gasteiger charge is 2.25. The Labute approximate surface area is 157 Å². The molecule has 0 N–H and O–H groups in total. The molecule has 0 aromatic heterocycles. The molecule has 1 aromatic carbocycles. The fraction of sp³-hybridized carbons (Fsp3) is 0.579. The number of likely N-dealkylation sites (N-methyl/N-ethyl adjacent to an activating group) is 1. The zero-order valence-electron chi connectivity index (χ0n) is 15.7. The van der Waals surface area contributed by atoms with Crippen LogP contribution in [0.25, 0.3) is 0 Å². The Hall–Kier alpha value is -1.59. The number of esters is 2. The van der Waals surface area contributed by atoms with Crippen LogP contribution >= 0.6 is 0 Å². The van der Waals surface area contributed by atoms with E-state index in [1.54, 1.807) is 0 Å². The van der Waals surface area contributed by atoms with Crippen molar-refractivity contribution in [2.75, 3.05) is 27.7 Å². The lowest BCUT2D eigenvalue weighted by Crippen LogP contribution is -3.00. The molecule has 0 spiro atoms. The van der Waals surface area contributed by atoms with Gasteiger partial charge in [0.15, 0.2) is 6.10 Å². The summed E-state index contributed by atoms with van der Waals surface area (Å²) in [4.78, 5) is 24.0. The second kappa shape index (κ2) is 11.9. The highest BCUT2D eigenvalue weighted by molar-refractivity contribution is 5.72. The first-order valence-corrected chi connectivity index (χ1v) is 8.49. The lowest BCUT2D eigenvalue weighted by molar-refractivity contribution is -0.873. The van der Waals surface area contributed by atoms with Crippen LogP contribution in [-0.4, -0.2) is 50.2 Å². The van der Waals surface area contributed by atoms with E-state index < -0.39 is 6.10 Å². The van der Waals surface area contributed by atoms with Crippen molar-refractivity contribution in [1.82, 2.24) is 0 Å². The monoisotopic (exact) mass is 371 g/mol. The van der Waals surface area contributed by atoms with Crippen molar-refractivity contribution in [3.8, 4) is 0 Å². The van der Waals surface area contributed by atoms with Crippen LogP contribution in [0.5, 0.6) is 0 Å². The first-order valence-electron chi connectivity index (χ1n) is 8.49. The highest BCUT2D eigenvalue weighted by Crippen LogP contribution is 2.10.